The van der Waals surface area contributed by atoms with E-state index in [2.05, 4.69) is 29.8 Å². The van der Waals surface area contributed by atoms with Gasteiger partial charge in [0.1, 0.15) is 0 Å². The van der Waals surface area contributed by atoms with Gasteiger partial charge in [0.2, 0.25) is 5.95 Å². The molecule has 4 heteroatoms. The fourth-order valence-electron chi connectivity index (χ4n) is 3.41. The van der Waals surface area contributed by atoms with E-state index in [1.807, 2.05) is 6.92 Å². The smallest absolute Gasteiger partial charge is 0.225 e. The van der Waals surface area contributed by atoms with Gasteiger partial charge < -0.3 is 10.0 Å². The maximum Gasteiger partial charge on any atom is 0.225 e. The molecule has 1 aromatic heterocycles. The molecule has 1 saturated heterocycles. The zero-order chi connectivity index (χ0) is 13.6. The van der Waals surface area contributed by atoms with Crippen LogP contribution in [-0.4, -0.2) is 34.3 Å². The molecule has 104 valence electrons. The van der Waals surface area contributed by atoms with Crippen molar-refractivity contribution in [1.29, 1.82) is 0 Å². The van der Waals surface area contributed by atoms with Crippen molar-refractivity contribution in [3.63, 3.8) is 0 Å². The van der Waals surface area contributed by atoms with E-state index in [1.54, 1.807) is 0 Å². The molecule has 3 atom stereocenters. The number of aliphatic hydroxyl groups excluding tert-OH is 1. The number of rotatable bonds is 2. The summed E-state index contributed by atoms with van der Waals surface area (Å²) in [6, 6.07) is 2.07. The third-order valence-corrected chi connectivity index (χ3v) is 4.56. The molecular formula is C15H23N3O. The Morgan fingerprint density at radius 1 is 1.26 bits per heavy atom. The summed E-state index contributed by atoms with van der Waals surface area (Å²) in [5, 5.41) is 9.99. The molecule has 1 aliphatic heterocycles. The van der Waals surface area contributed by atoms with Gasteiger partial charge in [0.15, 0.2) is 0 Å². The highest BCUT2D eigenvalue weighted by Gasteiger charge is 2.42. The predicted molar refractivity (Wildman–Crippen MR) is 75.3 cm³/mol. The van der Waals surface area contributed by atoms with Crippen LogP contribution in [0.25, 0.3) is 0 Å². The normalized spacial score (nSPS) is 30.2. The van der Waals surface area contributed by atoms with Crippen molar-refractivity contribution < 1.29 is 5.11 Å². The van der Waals surface area contributed by atoms with Crippen molar-refractivity contribution in [2.45, 2.75) is 45.6 Å². The zero-order valence-electron chi connectivity index (χ0n) is 12.0. The number of aromatic nitrogens is 2. The molecule has 4 nitrogen and oxygen atoms in total. The van der Waals surface area contributed by atoms with E-state index in [-0.39, 0.29) is 6.10 Å². The lowest BCUT2D eigenvalue weighted by Crippen LogP contribution is -2.26. The van der Waals surface area contributed by atoms with E-state index in [0.29, 0.717) is 17.8 Å². The van der Waals surface area contributed by atoms with Crippen molar-refractivity contribution in [2.75, 3.05) is 18.0 Å². The fraction of sp³-hybridized carbons (Fsp3) is 0.733. The van der Waals surface area contributed by atoms with E-state index in [4.69, 9.17) is 4.98 Å². The van der Waals surface area contributed by atoms with Crippen LogP contribution in [0, 0.1) is 18.8 Å². The standard InChI is InChI=1S/C15H23N3O/c1-9(2)13-6-10(3)16-15(17-13)18-7-11-4-5-14(19)12(11)8-18/h6,9,11-12,14,19H,4-5,7-8H2,1-3H3. The lowest BCUT2D eigenvalue weighted by atomic mass is 10.00. The number of fused-ring (bicyclic) bond motifs is 1. The third-order valence-electron chi connectivity index (χ3n) is 4.56. The summed E-state index contributed by atoms with van der Waals surface area (Å²) in [7, 11) is 0. The maximum atomic E-state index is 9.99. The summed E-state index contributed by atoms with van der Waals surface area (Å²) >= 11 is 0. The highest BCUT2D eigenvalue weighted by molar-refractivity contribution is 5.35. The minimum Gasteiger partial charge on any atom is -0.393 e. The highest BCUT2D eigenvalue weighted by Crippen LogP contribution is 2.39. The van der Waals surface area contributed by atoms with Gasteiger partial charge in [0, 0.05) is 30.4 Å². The highest BCUT2D eigenvalue weighted by atomic mass is 16.3. The van der Waals surface area contributed by atoms with Crippen molar-refractivity contribution in [3.8, 4) is 0 Å². The first-order valence-electron chi connectivity index (χ1n) is 7.33. The SMILES string of the molecule is Cc1cc(C(C)C)nc(N2CC3CCC(O)C3C2)n1. The number of nitrogens with zero attached hydrogens (tertiary/aromatic N) is 3. The minimum absolute atomic E-state index is 0.121. The minimum atomic E-state index is -0.121. The van der Waals surface area contributed by atoms with Crippen LogP contribution in [0.3, 0.4) is 0 Å². The van der Waals surface area contributed by atoms with Crippen LogP contribution in [-0.2, 0) is 0 Å². The Kier molecular flexibility index (Phi) is 3.21. The van der Waals surface area contributed by atoms with Crippen LogP contribution in [0.2, 0.25) is 0 Å². The molecule has 0 amide bonds. The van der Waals surface area contributed by atoms with E-state index < -0.39 is 0 Å². The maximum absolute atomic E-state index is 9.99. The Balaban J connectivity index is 1.84. The van der Waals surface area contributed by atoms with Gasteiger partial charge >= 0.3 is 0 Å². The first-order valence-corrected chi connectivity index (χ1v) is 7.33. The fourth-order valence-corrected chi connectivity index (χ4v) is 3.41. The predicted octanol–water partition coefficient (Wildman–Crippen LogP) is 2.12. The second-order valence-corrected chi connectivity index (χ2v) is 6.36. The molecule has 1 aliphatic carbocycles. The molecule has 1 N–H and O–H groups in total. The summed E-state index contributed by atoms with van der Waals surface area (Å²) in [6.45, 7) is 8.26. The van der Waals surface area contributed by atoms with Crippen molar-refractivity contribution in [2.24, 2.45) is 11.8 Å². The summed E-state index contributed by atoms with van der Waals surface area (Å²) in [4.78, 5) is 11.5. The van der Waals surface area contributed by atoms with Crippen LogP contribution in [0.1, 0.15) is 44.0 Å². The number of hydrogen-bond donors (Lipinski definition) is 1. The Hall–Kier alpha value is -1.16. The quantitative estimate of drug-likeness (QED) is 0.886. The van der Waals surface area contributed by atoms with E-state index in [9.17, 15) is 5.11 Å². The lowest BCUT2D eigenvalue weighted by Gasteiger charge is -2.20. The summed E-state index contributed by atoms with van der Waals surface area (Å²) in [5.74, 6) is 2.33. The van der Waals surface area contributed by atoms with Crippen LogP contribution in [0.5, 0.6) is 0 Å². The zero-order valence-corrected chi connectivity index (χ0v) is 12.0. The molecule has 2 aliphatic rings. The van der Waals surface area contributed by atoms with Crippen LogP contribution in [0.4, 0.5) is 5.95 Å². The molecule has 3 rings (SSSR count). The molecule has 2 fully saturated rings. The van der Waals surface area contributed by atoms with Crippen LogP contribution >= 0.6 is 0 Å². The average Bonchev–Trinajstić information content (AvgIpc) is 2.91. The largest absolute Gasteiger partial charge is 0.393 e. The number of aliphatic hydroxyl groups is 1. The lowest BCUT2D eigenvalue weighted by molar-refractivity contribution is 0.133. The van der Waals surface area contributed by atoms with Crippen LogP contribution in [0.15, 0.2) is 6.07 Å². The van der Waals surface area contributed by atoms with E-state index >= 15 is 0 Å². The molecule has 0 bridgehead atoms. The molecule has 0 aromatic carbocycles. The first-order chi connectivity index (χ1) is 9.04. The summed E-state index contributed by atoms with van der Waals surface area (Å²) in [6.07, 6.45) is 1.99. The Morgan fingerprint density at radius 3 is 2.74 bits per heavy atom. The molecule has 3 unspecified atom stereocenters. The Bertz CT molecular complexity index is 474. The number of hydrogen-bond acceptors (Lipinski definition) is 4. The second-order valence-electron chi connectivity index (χ2n) is 6.36. The summed E-state index contributed by atoms with van der Waals surface area (Å²) in [5.41, 5.74) is 2.14. The third kappa shape index (κ3) is 2.34. The molecule has 0 spiro atoms. The second kappa shape index (κ2) is 4.75. The molecule has 1 saturated carbocycles. The first kappa shape index (κ1) is 12.9. The number of anilines is 1. The van der Waals surface area contributed by atoms with Gasteiger partial charge in [-0.2, -0.15) is 0 Å². The molecular weight excluding hydrogens is 238 g/mol. The topological polar surface area (TPSA) is 49.2 Å². The average molecular weight is 261 g/mol. The van der Waals surface area contributed by atoms with Crippen molar-refractivity contribution in [1.82, 2.24) is 9.97 Å². The Morgan fingerprint density at radius 2 is 2.05 bits per heavy atom. The van der Waals surface area contributed by atoms with Gasteiger partial charge in [-0.1, -0.05) is 13.8 Å². The van der Waals surface area contributed by atoms with Gasteiger partial charge in [-0.25, -0.2) is 9.97 Å². The van der Waals surface area contributed by atoms with E-state index in [0.717, 1.165) is 43.3 Å². The van der Waals surface area contributed by atoms with Gasteiger partial charge in [0.25, 0.3) is 0 Å². The van der Waals surface area contributed by atoms with Gasteiger partial charge in [-0.15, -0.1) is 0 Å². The molecule has 2 heterocycles. The van der Waals surface area contributed by atoms with Gasteiger partial charge in [0.05, 0.1) is 6.10 Å². The molecule has 0 radical (unpaired) electrons. The van der Waals surface area contributed by atoms with Gasteiger partial charge in [-0.3, -0.25) is 0 Å². The van der Waals surface area contributed by atoms with E-state index in [1.165, 1.54) is 0 Å². The van der Waals surface area contributed by atoms with Crippen molar-refractivity contribution in [3.05, 3.63) is 17.5 Å². The van der Waals surface area contributed by atoms with Crippen molar-refractivity contribution >= 4 is 5.95 Å². The summed E-state index contributed by atoms with van der Waals surface area (Å²) < 4.78 is 0. The molecule has 19 heavy (non-hydrogen) atoms. The Labute approximate surface area is 114 Å². The molecule has 1 aromatic rings. The van der Waals surface area contributed by atoms with Gasteiger partial charge in [-0.05, 0) is 37.7 Å². The monoisotopic (exact) mass is 261 g/mol. The van der Waals surface area contributed by atoms with Crippen LogP contribution < -0.4 is 4.90 Å². The number of aryl methyl sites for hydroxylation is 1.